The first-order valence-electron chi connectivity index (χ1n) is 8.71. The van der Waals surface area contributed by atoms with Crippen molar-refractivity contribution >= 4 is 28.9 Å². The van der Waals surface area contributed by atoms with E-state index >= 15 is 0 Å². The van der Waals surface area contributed by atoms with E-state index in [1.807, 2.05) is 6.20 Å². The van der Waals surface area contributed by atoms with Gasteiger partial charge in [0, 0.05) is 25.3 Å². The second-order valence-electron chi connectivity index (χ2n) is 6.61. The van der Waals surface area contributed by atoms with Crippen molar-refractivity contribution in [3.63, 3.8) is 0 Å². The Hall–Kier alpha value is -1.32. The molecule has 2 aromatic rings. The molecule has 0 saturated carbocycles. The highest BCUT2D eigenvalue weighted by molar-refractivity contribution is 7.15. The lowest BCUT2D eigenvalue weighted by atomic mass is 10.1. The minimum absolute atomic E-state index is 0.186. The lowest BCUT2D eigenvalue weighted by molar-refractivity contribution is -0.00535. The summed E-state index contributed by atoms with van der Waals surface area (Å²) in [6, 6.07) is 0. The maximum atomic E-state index is 8.78. The smallest absolute Gasteiger partial charge is 0.220 e. The fourth-order valence-corrected chi connectivity index (χ4v) is 4.30. The third kappa shape index (κ3) is 5.11. The maximum absolute atomic E-state index is 8.78. The van der Waals surface area contributed by atoms with Gasteiger partial charge in [-0.25, -0.2) is 15.0 Å². The number of hydrogen-bond acceptors (Lipinski definition) is 8. The van der Waals surface area contributed by atoms with Gasteiger partial charge < -0.3 is 20.5 Å². The van der Waals surface area contributed by atoms with Crippen LogP contribution in [0, 0.1) is 0 Å². The summed E-state index contributed by atoms with van der Waals surface area (Å²) >= 11 is 7.75. The number of rotatable bonds is 2. The number of ether oxygens (including phenoxy) is 1. The largest absolute Gasteiger partial charge is 0.391 e. The zero-order valence-electron chi connectivity index (χ0n) is 14.8. The van der Waals surface area contributed by atoms with Crippen molar-refractivity contribution < 1.29 is 9.84 Å². The van der Waals surface area contributed by atoms with Crippen LogP contribution in [0.2, 0.25) is 5.02 Å². The molecule has 0 aliphatic carbocycles. The van der Waals surface area contributed by atoms with Crippen LogP contribution in [0.5, 0.6) is 0 Å². The Bertz CT molecular complexity index is 723. The lowest BCUT2D eigenvalue weighted by Crippen LogP contribution is -2.21. The molecule has 2 unspecified atom stereocenters. The fourth-order valence-electron chi connectivity index (χ4n) is 3.00. The van der Waals surface area contributed by atoms with Crippen molar-refractivity contribution in [2.24, 2.45) is 0 Å². The van der Waals surface area contributed by atoms with Gasteiger partial charge in [0.15, 0.2) is 0 Å². The minimum Gasteiger partial charge on any atom is -0.391 e. The molecule has 2 saturated heterocycles. The van der Waals surface area contributed by atoms with E-state index in [1.54, 1.807) is 11.3 Å². The van der Waals surface area contributed by atoms with E-state index < -0.39 is 0 Å². The number of aromatic nitrogens is 3. The Morgan fingerprint density at radius 1 is 1.35 bits per heavy atom. The molecule has 26 heavy (non-hydrogen) atoms. The van der Waals surface area contributed by atoms with Gasteiger partial charge >= 0.3 is 0 Å². The predicted molar refractivity (Wildman–Crippen MR) is 103 cm³/mol. The summed E-state index contributed by atoms with van der Waals surface area (Å²) in [7, 11) is 2.14. The van der Waals surface area contributed by atoms with E-state index in [-0.39, 0.29) is 12.1 Å². The number of nitrogens with two attached hydrogens (primary N) is 1. The normalized spacial score (nSPS) is 23.5. The molecule has 0 spiro atoms. The highest BCUT2D eigenvalue weighted by atomic mass is 35.5. The Morgan fingerprint density at radius 2 is 2.19 bits per heavy atom. The summed E-state index contributed by atoms with van der Waals surface area (Å²) in [5.74, 6) is 0.747. The van der Waals surface area contributed by atoms with Gasteiger partial charge in [-0.3, -0.25) is 0 Å². The van der Waals surface area contributed by atoms with Crippen LogP contribution in [-0.2, 0) is 4.74 Å². The molecule has 142 valence electrons. The van der Waals surface area contributed by atoms with E-state index in [0.717, 1.165) is 48.8 Å². The summed E-state index contributed by atoms with van der Waals surface area (Å²) in [4.78, 5) is 15.8. The summed E-state index contributed by atoms with van der Waals surface area (Å²) in [5, 5.41) is 10.4. The number of thiazole rings is 1. The SMILES string of the molecule is CN1CCC(c2ncc(-c3nc(N)ncc3Cl)s2)C1.OC1CCCOC1. The van der Waals surface area contributed by atoms with E-state index in [9.17, 15) is 0 Å². The average Bonchev–Trinajstić information content (AvgIpc) is 3.27. The van der Waals surface area contributed by atoms with Crippen LogP contribution in [0.25, 0.3) is 10.6 Å². The average molecular weight is 398 g/mol. The Balaban J connectivity index is 0.000000236. The minimum atomic E-state index is -0.186. The summed E-state index contributed by atoms with van der Waals surface area (Å²) in [6.45, 7) is 3.56. The van der Waals surface area contributed by atoms with Crippen molar-refractivity contribution in [2.75, 3.05) is 39.1 Å². The molecule has 3 N–H and O–H groups in total. The molecule has 2 aliphatic heterocycles. The summed E-state index contributed by atoms with van der Waals surface area (Å²) < 4.78 is 4.93. The van der Waals surface area contributed by atoms with Gasteiger partial charge in [-0.15, -0.1) is 11.3 Å². The molecular weight excluding hydrogens is 374 g/mol. The molecular formula is C17H24ClN5O2S. The van der Waals surface area contributed by atoms with Gasteiger partial charge in [-0.2, -0.15) is 0 Å². The molecule has 0 radical (unpaired) electrons. The number of likely N-dealkylation sites (N-methyl/N-ethyl adjacent to an activating group) is 1. The first-order valence-corrected chi connectivity index (χ1v) is 9.91. The van der Waals surface area contributed by atoms with Crippen LogP contribution in [0.1, 0.15) is 30.2 Å². The highest BCUT2D eigenvalue weighted by Gasteiger charge is 2.24. The highest BCUT2D eigenvalue weighted by Crippen LogP contribution is 2.35. The Morgan fingerprint density at radius 3 is 2.81 bits per heavy atom. The molecule has 9 heteroatoms. The number of aliphatic hydroxyl groups excluding tert-OH is 1. The first-order chi connectivity index (χ1) is 12.5. The van der Waals surface area contributed by atoms with Crippen molar-refractivity contribution in [3.8, 4) is 10.6 Å². The van der Waals surface area contributed by atoms with Crippen LogP contribution in [-0.4, -0.2) is 64.4 Å². The molecule has 2 atom stereocenters. The number of likely N-dealkylation sites (tertiary alicyclic amines) is 1. The Labute approximate surface area is 162 Å². The Kier molecular flexibility index (Phi) is 6.77. The number of hydrogen-bond donors (Lipinski definition) is 2. The van der Waals surface area contributed by atoms with Crippen molar-refractivity contribution in [3.05, 3.63) is 22.4 Å². The van der Waals surface area contributed by atoms with Crippen LogP contribution in [0.4, 0.5) is 5.95 Å². The van der Waals surface area contributed by atoms with Crippen LogP contribution >= 0.6 is 22.9 Å². The van der Waals surface area contributed by atoms with Crippen LogP contribution in [0.15, 0.2) is 12.4 Å². The number of aliphatic hydroxyl groups is 1. The van der Waals surface area contributed by atoms with E-state index in [4.69, 9.17) is 27.2 Å². The first kappa shape index (κ1) is 19.4. The molecule has 2 aliphatic rings. The molecule has 7 nitrogen and oxygen atoms in total. The monoisotopic (exact) mass is 397 g/mol. The van der Waals surface area contributed by atoms with E-state index in [2.05, 4.69) is 26.9 Å². The molecule has 4 heterocycles. The van der Waals surface area contributed by atoms with Crippen LogP contribution in [0.3, 0.4) is 0 Å². The zero-order valence-corrected chi connectivity index (χ0v) is 16.3. The third-order valence-corrected chi connectivity index (χ3v) is 5.84. The summed E-state index contributed by atoms with van der Waals surface area (Å²) in [5.41, 5.74) is 6.28. The van der Waals surface area contributed by atoms with Gasteiger partial charge in [0.25, 0.3) is 0 Å². The van der Waals surface area contributed by atoms with E-state index in [0.29, 0.717) is 23.2 Å². The third-order valence-electron chi connectivity index (χ3n) is 4.40. The number of nitrogen functional groups attached to an aromatic ring is 1. The molecule has 0 aromatic carbocycles. The lowest BCUT2D eigenvalue weighted by Gasteiger charge is -2.15. The number of nitrogens with zero attached hydrogens (tertiary/aromatic N) is 4. The maximum Gasteiger partial charge on any atom is 0.220 e. The molecule has 2 fully saturated rings. The molecule has 4 rings (SSSR count). The van der Waals surface area contributed by atoms with Gasteiger partial charge in [0.1, 0.15) is 5.69 Å². The number of anilines is 1. The predicted octanol–water partition coefficient (Wildman–Crippen LogP) is 2.41. The van der Waals surface area contributed by atoms with Crippen molar-refractivity contribution in [2.45, 2.75) is 31.3 Å². The topological polar surface area (TPSA) is 97.4 Å². The quantitative estimate of drug-likeness (QED) is 0.802. The number of halogens is 1. The molecule has 0 bridgehead atoms. The van der Waals surface area contributed by atoms with Gasteiger partial charge in [-0.1, -0.05) is 11.6 Å². The van der Waals surface area contributed by atoms with Gasteiger partial charge in [0.05, 0.1) is 33.8 Å². The van der Waals surface area contributed by atoms with Gasteiger partial charge in [0.2, 0.25) is 5.95 Å². The van der Waals surface area contributed by atoms with Crippen LogP contribution < -0.4 is 5.73 Å². The second kappa shape index (κ2) is 9.05. The molecule has 0 amide bonds. The van der Waals surface area contributed by atoms with Crippen molar-refractivity contribution in [1.82, 2.24) is 19.9 Å². The zero-order chi connectivity index (χ0) is 18.5. The van der Waals surface area contributed by atoms with Crippen molar-refractivity contribution in [1.29, 1.82) is 0 Å². The standard InChI is InChI=1S/C12H14ClN5S.C5H10O2/c1-18-3-2-7(6-18)11-15-5-9(19-11)10-8(13)4-16-12(14)17-10;6-5-2-1-3-7-4-5/h4-5,7H,2-3,6H2,1H3,(H2,14,16,17);5-6H,1-4H2. The molecule has 2 aromatic heterocycles. The summed E-state index contributed by atoms with van der Waals surface area (Å²) in [6.07, 6.45) is 6.26. The fraction of sp³-hybridized carbons (Fsp3) is 0.588. The second-order valence-corrected chi connectivity index (χ2v) is 8.08. The van der Waals surface area contributed by atoms with Gasteiger partial charge in [-0.05, 0) is 32.9 Å². The van der Waals surface area contributed by atoms with E-state index in [1.165, 1.54) is 6.20 Å².